The molecule has 0 aliphatic rings. The molecule has 156 valence electrons. The Morgan fingerprint density at radius 1 is 1.29 bits per heavy atom. The maximum absolute atomic E-state index is 12.0. The van der Waals surface area contributed by atoms with E-state index in [-0.39, 0.29) is 29.9 Å². The lowest BCUT2D eigenvalue weighted by Crippen LogP contribution is -2.38. The number of carbonyl (C=O) groups excluding carboxylic acids is 1. The minimum Gasteiger partial charge on any atom is -0.459 e. The number of rotatable bonds is 9. The predicted molar refractivity (Wildman–Crippen MR) is 125 cm³/mol. The summed E-state index contributed by atoms with van der Waals surface area (Å²) in [6.07, 6.45) is 2.30. The van der Waals surface area contributed by atoms with Crippen molar-refractivity contribution in [2.75, 3.05) is 38.6 Å². The number of nitrogens with zero attached hydrogens (tertiary/aromatic N) is 3. The third kappa shape index (κ3) is 7.66. The van der Waals surface area contributed by atoms with Gasteiger partial charge in [-0.2, -0.15) is 0 Å². The number of guanidine groups is 1. The van der Waals surface area contributed by atoms with Gasteiger partial charge in [-0.25, -0.2) is 9.98 Å². The second-order valence-corrected chi connectivity index (χ2v) is 7.02. The first-order valence-electron chi connectivity index (χ1n) is 8.97. The molecule has 2 aromatic heterocycles. The van der Waals surface area contributed by atoms with Crippen molar-refractivity contribution >= 4 is 52.3 Å². The molecule has 0 saturated heterocycles. The third-order valence-electron chi connectivity index (χ3n) is 3.67. The fraction of sp³-hybridized carbons (Fsp3) is 0.500. The summed E-state index contributed by atoms with van der Waals surface area (Å²) in [5, 5.41) is 12.3. The summed E-state index contributed by atoms with van der Waals surface area (Å²) >= 11 is 1.61. The summed E-state index contributed by atoms with van der Waals surface area (Å²) in [4.78, 5) is 23.0. The highest BCUT2D eigenvalue weighted by atomic mass is 127. The lowest BCUT2D eigenvalue weighted by Gasteiger charge is -2.11. The van der Waals surface area contributed by atoms with E-state index in [9.17, 15) is 4.79 Å². The molecule has 0 aliphatic carbocycles. The van der Waals surface area contributed by atoms with Crippen molar-refractivity contribution < 1.29 is 9.21 Å². The Morgan fingerprint density at radius 3 is 2.64 bits per heavy atom. The van der Waals surface area contributed by atoms with Crippen molar-refractivity contribution in [1.29, 1.82) is 0 Å². The van der Waals surface area contributed by atoms with E-state index >= 15 is 0 Å². The van der Waals surface area contributed by atoms with Crippen LogP contribution in [0.25, 0.3) is 0 Å². The van der Waals surface area contributed by atoms with E-state index in [2.05, 4.69) is 25.9 Å². The zero-order valence-corrected chi connectivity index (χ0v) is 19.9. The number of hydrogen-bond donors (Lipinski definition) is 3. The summed E-state index contributed by atoms with van der Waals surface area (Å²) in [5.74, 6) is 0.932. The molecule has 0 aliphatic heterocycles. The van der Waals surface area contributed by atoms with Crippen LogP contribution in [0, 0.1) is 6.92 Å². The van der Waals surface area contributed by atoms with Gasteiger partial charge >= 0.3 is 0 Å². The summed E-state index contributed by atoms with van der Waals surface area (Å²) in [6.45, 7) is 6.43. The normalized spacial score (nSPS) is 10.9. The van der Waals surface area contributed by atoms with Crippen LogP contribution < -0.4 is 20.9 Å². The van der Waals surface area contributed by atoms with Crippen LogP contribution in [-0.4, -0.2) is 50.6 Å². The van der Waals surface area contributed by atoms with Crippen LogP contribution in [0.5, 0.6) is 0 Å². The van der Waals surface area contributed by atoms with Gasteiger partial charge in [-0.15, -0.1) is 35.3 Å². The highest BCUT2D eigenvalue weighted by molar-refractivity contribution is 14.0. The molecule has 0 bridgehead atoms. The molecule has 28 heavy (non-hydrogen) atoms. The topological polar surface area (TPSA) is 94.8 Å². The van der Waals surface area contributed by atoms with Crippen LogP contribution in [0.3, 0.4) is 0 Å². The van der Waals surface area contributed by atoms with Gasteiger partial charge in [-0.05, 0) is 26.3 Å². The zero-order chi connectivity index (χ0) is 19.6. The Labute approximate surface area is 187 Å². The standard InChI is InChI=1S/C18H28N6O2S.HI/c1-5-19-17(22-11-14-12-27-18(23-14)24(3)4)21-9-6-8-20-16(25)15-13(2)7-10-26-15;/h7,10,12H,5-6,8-9,11H2,1-4H3,(H,20,25)(H2,19,21,22);1H. The number of aryl methyl sites for hydroxylation is 1. The number of aliphatic imine (C=N–C) groups is 1. The minimum absolute atomic E-state index is 0. The Balaban J connectivity index is 0.00000392. The predicted octanol–water partition coefficient (Wildman–Crippen LogP) is 2.60. The van der Waals surface area contributed by atoms with Gasteiger partial charge in [0.25, 0.3) is 5.91 Å². The van der Waals surface area contributed by atoms with Gasteiger partial charge < -0.3 is 25.3 Å². The number of amides is 1. The number of carbonyl (C=O) groups is 1. The highest BCUT2D eigenvalue weighted by Crippen LogP contribution is 2.18. The SMILES string of the molecule is CCNC(=NCc1csc(N(C)C)n1)NCCCNC(=O)c1occc1C.I. The summed E-state index contributed by atoms with van der Waals surface area (Å²) in [5.41, 5.74) is 1.79. The van der Waals surface area contributed by atoms with Crippen molar-refractivity contribution in [2.45, 2.75) is 26.8 Å². The number of halogens is 1. The van der Waals surface area contributed by atoms with Crippen LogP contribution >= 0.6 is 35.3 Å². The van der Waals surface area contributed by atoms with Crippen LogP contribution in [0.1, 0.15) is 35.2 Å². The maximum Gasteiger partial charge on any atom is 0.287 e. The van der Waals surface area contributed by atoms with Crippen molar-refractivity contribution in [1.82, 2.24) is 20.9 Å². The summed E-state index contributed by atoms with van der Waals surface area (Å²) < 4.78 is 5.18. The molecule has 2 rings (SSSR count). The molecular weight excluding hydrogens is 491 g/mol. The quantitative estimate of drug-likeness (QED) is 0.204. The first-order valence-corrected chi connectivity index (χ1v) is 9.85. The van der Waals surface area contributed by atoms with Gasteiger partial charge in [0.1, 0.15) is 0 Å². The molecule has 0 spiro atoms. The molecule has 2 heterocycles. The van der Waals surface area contributed by atoms with Crippen molar-refractivity contribution in [3.8, 4) is 0 Å². The Bertz CT molecular complexity index is 759. The Hall–Kier alpha value is -1.82. The van der Waals surface area contributed by atoms with Gasteiger partial charge in [0.2, 0.25) is 0 Å². The van der Waals surface area contributed by atoms with Crippen molar-refractivity contribution in [3.05, 3.63) is 34.7 Å². The second-order valence-electron chi connectivity index (χ2n) is 6.18. The largest absolute Gasteiger partial charge is 0.459 e. The summed E-state index contributed by atoms with van der Waals surface area (Å²) in [6, 6.07) is 1.78. The average molecular weight is 520 g/mol. The first kappa shape index (κ1) is 24.2. The number of furan rings is 1. The molecule has 3 N–H and O–H groups in total. The van der Waals surface area contributed by atoms with E-state index in [0.717, 1.165) is 35.3 Å². The lowest BCUT2D eigenvalue weighted by atomic mass is 10.2. The molecule has 0 aromatic carbocycles. The smallest absolute Gasteiger partial charge is 0.287 e. The van der Waals surface area contributed by atoms with Gasteiger partial charge in [0.05, 0.1) is 18.5 Å². The number of nitrogens with one attached hydrogen (secondary N) is 3. The number of anilines is 1. The first-order chi connectivity index (χ1) is 13.0. The van der Waals surface area contributed by atoms with E-state index < -0.39 is 0 Å². The van der Waals surface area contributed by atoms with E-state index in [1.54, 1.807) is 17.4 Å². The fourth-order valence-corrected chi connectivity index (χ4v) is 3.01. The molecule has 0 unspecified atom stereocenters. The Kier molecular flexibility index (Phi) is 10.9. The molecule has 0 saturated carbocycles. The molecule has 10 heteroatoms. The zero-order valence-electron chi connectivity index (χ0n) is 16.7. The fourth-order valence-electron chi connectivity index (χ4n) is 2.26. The van der Waals surface area contributed by atoms with Gasteiger partial charge in [-0.1, -0.05) is 0 Å². The van der Waals surface area contributed by atoms with Crippen LogP contribution in [0.2, 0.25) is 0 Å². The number of aromatic nitrogens is 1. The number of hydrogen-bond acceptors (Lipinski definition) is 6. The number of thiazole rings is 1. The van der Waals surface area contributed by atoms with Gasteiger partial charge in [-0.3, -0.25) is 4.79 Å². The molecule has 2 aromatic rings. The van der Waals surface area contributed by atoms with E-state index in [0.29, 0.717) is 25.4 Å². The van der Waals surface area contributed by atoms with E-state index in [4.69, 9.17) is 4.42 Å². The minimum atomic E-state index is -0.182. The molecule has 1 amide bonds. The van der Waals surface area contributed by atoms with Gasteiger partial charge in [0, 0.05) is 44.7 Å². The van der Waals surface area contributed by atoms with E-state index in [1.807, 2.05) is 38.2 Å². The molecule has 8 nitrogen and oxygen atoms in total. The average Bonchev–Trinajstić information content (AvgIpc) is 3.28. The van der Waals surface area contributed by atoms with Crippen LogP contribution in [0.4, 0.5) is 5.13 Å². The third-order valence-corrected chi connectivity index (χ3v) is 4.72. The highest BCUT2D eigenvalue weighted by Gasteiger charge is 2.11. The molecular formula is C18H29IN6O2S. The monoisotopic (exact) mass is 520 g/mol. The molecule has 0 radical (unpaired) electrons. The second kappa shape index (κ2) is 12.6. The lowest BCUT2D eigenvalue weighted by molar-refractivity contribution is 0.0925. The Morgan fingerprint density at radius 2 is 2.04 bits per heavy atom. The molecule has 0 atom stereocenters. The summed E-state index contributed by atoms with van der Waals surface area (Å²) in [7, 11) is 3.95. The van der Waals surface area contributed by atoms with Crippen molar-refractivity contribution in [2.24, 2.45) is 4.99 Å². The van der Waals surface area contributed by atoms with Crippen LogP contribution in [-0.2, 0) is 6.54 Å². The van der Waals surface area contributed by atoms with Gasteiger partial charge in [0.15, 0.2) is 16.9 Å². The molecule has 0 fully saturated rings. The van der Waals surface area contributed by atoms with E-state index in [1.165, 1.54) is 6.26 Å². The maximum atomic E-state index is 12.0. The van der Waals surface area contributed by atoms with Crippen LogP contribution in [0.15, 0.2) is 27.1 Å². The van der Waals surface area contributed by atoms with Crippen molar-refractivity contribution in [3.63, 3.8) is 0 Å².